The number of rotatable bonds is 3. The highest BCUT2D eigenvalue weighted by atomic mass is 32.1. The van der Waals surface area contributed by atoms with E-state index in [1.54, 1.807) is 16.2 Å². The molecule has 110 valence electrons. The lowest BCUT2D eigenvalue weighted by atomic mass is 10.2. The summed E-state index contributed by atoms with van der Waals surface area (Å²) < 4.78 is 0. The summed E-state index contributed by atoms with van der Waals surface area (Å²) in [5.41, 5.74) is 1.43. The Balaban J connectivity index is 1.54. The van der Waals surface area contributed by atoms with Gasteiger partial charge in [-0.15, -0.1) is 11.3 Å². The molecule has 1 aliphatic rings. The monoisotopic (exact) mass is 317 g/mol. The Hall–Kier alpha value is -1.23. The van der Waals surface area contributed by atoms with Crippen molar-refractivity contribution in [1.82, 2.24) is 4.90 Å². The van der Waals surface area contributed by atoms with Crippen molar-refractivity contribution in [2.24, 2.45) is 0 Å². The first-order chi connectivity index (χ1) is 10.2. The van der Waals surface area contributed by atoms with Crippen molar-refractivity contribution in [2.75, 3.05) is 26.2 Å². The average Bonchev–Trinajstić information content (AvgIpc) is 2.95. The largest absolute Gasteiger partial charge is 0.350 e. The molecule has 2 nitrogen and oxygen atoms in total. The number of benzene rings is 1. The highest BCUT2D eigenvalue weighted by Crippen LogP contribution is 2.18. The molecule has 1 N–H and O–H groups in total. The van der Waals surface area contributed by atoms with E-state index in [1.807, 2.05) is 0 Å². The van der Waals surface area contributed by atoms with Crippen molar-refractivity contribution < 1.29 is 4.90 Å². The van der Waals surface area contributed by atoms with Crippen LogP contribution in [-0.4, -0.2) is 36.1 Å². The molecule has 0 spiro atoms. The van der Waals surface area contributed by atoms with E-state index in [0.717, 1.165) is 24.6 Å². The lowest BCUT2D eigenvalue weighted by Gasteiger charge is -2.33. The highest BCUT2D eigenvalue weighted by molar-refractivity contribution is 7.81. The van der Waals surface area contributed by atoms with Crippen molar-refractivity contribution in [1.29, 1.82) is 0 Å². The quantitative estimate of drug-likeness (QED) is 0.868. The summed E-state index contributed by atoms with van der Waals surface area (Å²) in [4.78, 5) is 7.64. The van der Waals surface area contributed by atoms with Gasteiger partial charge in [0.1, 0.15) is 11.5 Å². The average molecular weight is 318 g/mol. The minimum Gasteiger partial charge on any atom is -0.350 e. The molecule has 1 aliphatic heterocycles. The van der Waals surface area contributed by atoms with Crippen LogP contribution in [0.15, 0.2) is 42.5 Å². The lowest BCUT2D eigenvalue weighted by Crippen LogP contribution is -3.13. The molecule has 0 unspecified atom stereocenters. The number of quaternary nitrogens is 1. The van der Waals surface area contributed by atoms with Crippen molar-refractivity contribution in [3.63, 3.8) is 0 Å². The van der Waals surface area contributed by atoms with Crippen LogP contribution in [0.25, 0.3) is 0 Å². The normalized spacial score (nSPS) is 16.1. The van der Waals surface area contributed by atoms with E-state index in [2.05, 4.69) is 54.3 Å². The van der Waals surface area contributed by atoms with Crippen molar-refractivity contribution >= 4 is 28.5 Å². The molecule has 21 heavy (non-hydrogen) atoms. The molecule has 1 saturated heterocycles. The first kappa shape index (κ1) is 14.7. The van der Waals surface area contributed by atoms with Gasteiger partial charge in [0.05, 0.1) is 31.1 Å². The molecule has 0 aliphatic carbocycles. The van der Waals surface area contributed by atoms with Crippen LogP contribution in [0.5, 0.6) is 0 Å². The van der Waals surface area contributed by atoms with Crippen LogP contribution in [0.4, 0.5) is 0 Å². The molecule has 0 bridgehead atoms. The van der Waals surface area contributed by atoms with Gasteiger partial charge >= 0.3 is 0 Å². The first-order valence-corrected chi connectivity index (χ1v) is 8.68. The zero-order chi connectivity index (χ0) is 14.7. The minimum atomic E-state index is 1.03. The third-order valence-electron chi connectivity index (χ3n) is 4.01. The van der Waals surface area contributed by atoms with E-state index in [1.165, 1.54) is 28.4 Å². The number of piperazine rings is 1. The molecule has 0 radical (unpaired) electrons. The predicted molar refractivity (Wildman–Crippen MR) is 93.2 cm³/mol. The van der Waals surface area contributed by atoms with Crippen molar-refractivity contribution in [2.45, 2.75) is 13.5 Å². The maximum absolute atomic E-state index is 5.65. The SMILES string of the molecule is Cc1ccc(C(=S)N2CC[NH+](Cc3ccccc3)CC2)s1. The molecule has 2 aromatic rings. The van der Waals surface area contributed by atoms with E-state index >= 15 is 0 Å². The zero-order valence-electron chi connectivity index (χ0n) is 12.3. The summed E-state index contributed by atoms with van der Waals surface area (Å²) in [5.74, 6) is 0. The van der Waals surface area contributed by atoms with Gasteiger partial charge in [-0.2, -0.15) is 0 Å². The molecule has 0 saturated carbocycles. The summed E-state index contributed by atoms with van der Waals surface area (Å²) in [6.45, 7) is 7.73. The van der Waals surface area contributed by atoms with Gasteiger partial charge in [0.2, 0.25) is 0 Å². The fraction of sp³-hybridized carbons (Fsp3) is 0.353. The van der Waals surface area contributed by atoms with Crippen LogP contribution in [0.2, 0.25) is 0 Å². The van der Waals surface area contributed by atoms with E-state index in [-0.39, 0.29) is 0 Å². The number of thiocarbonyl (C=S) groups is 1. The van der Waals surface area contributed by atoms with Crippen LogP contribution in [0.3, 0.4) is 0 Å². The summed E-state index contributed by atoms with van der Waals surface area (Å²) in [5, 5.41) is 0. The molecule has 3 rings (SSSR count). The zero-order valence-corrected chi connectivity index (χ0v) is 14.0. The molecule has 1 fully saturated rings. The Morgan fingerprint density at radius 3 is 2.48 bits per heavy atom. The van der Waals surface area contributed by atoms with Gasteiger partial charge in [-0.1, -0.05) is 42.5 Å². The second-order valence-corrected chi connectivity index (χ2v) is 7.29. The third kappa shape index (κ3) is 3.70. The summed E-state index contributed by atoms with van der Waals surface area (Å²) in [7, 11) is 0. The summed E-state index contributed by atoms with van der Waals surface area (Å²) in [6.07, 6.45) is 0. The van der Waals surface area contributed by atoms with E-state index in [4.69, 9.17) is 12.2 Å². The summed E-state index contributed by atoms with van der Waals surface area (Å²) in [6, 6.07) is 15.1. The van der Waals surface area contributed by atoms with Gasteiger partial charge in [-0.05, 0) is 19.1 Å². The standard InChI is InChI=1S/C17H20N2S2/c1-14-7-8-16(21-14)17(20)19-11-9-18(10-12-19)13-15-5-3-2-4-6-15/h2-8H,9-13H2,1H3/p+1. The van der Waals surface area contributed by atoms with E-state index < -0.39 is 0 Å². The van der Waals surface area contributed by atoms with Gasteiger partial charge < -0.3 is 9.80 Å². The molecule has 1 aromatic carbocycles. The fourth-order valence-corrected chi connectivity index (χ4v) is 4.00. The molecule has 0 amide bonds. The maximum atomic E-state index is 5.65. The van der Waals surface area contributed by atoms with Crippen LogP contribution >= 0.6 is 23.6 Å². The second kappa shape index (κ2) is 6.69. The maximum Gasteiger partial charge on any atom is 0.119 e. The Morgan fingerprint density at radius 2 is 1.86 bits per heavy atom. The van der Waals surface area contributed by atoms with Gasteiger partial charge in [-0.25, -0.2) is 0 Å². The molecule has 1 aromatic heterocycles. The second-order valence-electron chi connectivity index (χ2n) is 5.61. The van der Waals surface area contributed by atoms with Gasteiger partial charge in [0.25, 0.3) is 0 Å². The van der Waals surface area contributed by atoms with Gasteiger partial charge in [0, 0.05) is 10.4 Å². The van der Waals surface area contributed by atoms with Crippen LogP contribution in [-0.2, 0) is 6.54 Å². The van der Waals surface area contributed by atoms with Crippen LogP contribution < -0.4 is 4.90 Å². The third-order valence-corrected chi connectivity index (χ3v) is 5.62. The Bertz CT molecular complexity index is 598. The van der Waals surface area contributed by atoms with Crippen molar-refractivity contribution in [3.05, 3.63) is 57.8 Å². The molecule has 0 atom stereocenters. The van der Waals surface area contributed by atoms with Crippen LogP contribution in [0.1, 0.15) is 15.3 Å². The Labute approximate surface area is 136 Å². The number of nitrogens with zero attached hydrogens (tertiary/aromatic N) is 1. The molecular formula is C17H21N2S2+. The number of hydrogen-bond acceptors (Lipinski definition) is 2. The van der Waals surface area contributed by atoms with Gasteiger partial charge in [-0.3, -0.25) is 0 Å². The smallest absolute Gasteiger partial charge is 0.119 e. The molecular weight excluding hydrogens is 296 g/mol. The van der Waals surface area contributed by atoms with Crippen LogP contribution in [0, 0.1) is 6.92 Å². The van der Waals surface area contributed by atoms with E-state index in [0.29, 0.717) is 0 Å². The molecule has 2 heterocycles. The number of aryl methyl sites for hydroxylation is 1. The Kier molecular flexibility index (Phi) is 4.68. The lowest BCUT2D eigenvalue weighted by molar-refractivity contribution is -0.917. The number of nitrogens with one attached hydrogen (secondary N) is 1. The number of thiophene rings is 1. The van der Waals surface area contributed by atoms with Gasteiger partial charge in [0.15, 0.2) is 0 Å². The fourth-order valence-electron chi connectivity index (χ4n) is 2.79. The topological polar surface area (TPSA) is 7.68 Å². The molecule has 4 heteroatoms. The highest BCUT2D eigenvalue weighted by Gasteiger charge is 2.22. The van der Waals surface area contributed by atoms with E-state index in [9.17, 15) is 0 Å². The first-order valence-electron chi connectivity index (χ1n) is 7.45. The summed E-state index contributed by atoms with van der Waals surface area (Å²) >= 11 is 7.45. The Morgan fingerprint density at radius 1 is 1.14 bits per heavy atom. The number of hydrogen-bond donors (Lipinski definition) is 1. The van der Waals surface area contributed by atoms with Crippen molar-refractivity contribution in [3.8, 4) is 0 Å². The minimum absolute atomic E-state index is 1.03. The predicted octanol–water partition coefficient (Wildman–Crippen LogP) is 2.13.